The van der Waals surface area contributed by atoms with E-state index >= 15 is 0 Å². The van der Waals surface area contributed by atoms with Crippen LogP contribution in [0.3, 0.4) is 0 Å². The molecule has 660 valence electrons. The van der Waals surface area contributed by atoms with Gasteiger partial charge >= 0.3 is 18.2 Å². The third-order valence-corrected chi connectivity index (χ3v) is 23.6. The normalized spacial score (nSPS) is 16.8. The molecule has 12 aromatic heterocycles. The third-order valence-electron chi connectivity index (χ3n) is 23.6. The van der Waals surface area contributed by atoms with E-state index < -0.39 is 23.4 Å². The zero-order valence-electron chi connectivity index (χ0n) is 71.7. The van der Waals surface area contributed by atoms with Crippen molar-refractivity contribution in [3.8, 4) is 57.8 Å². The van der Waals surface area contributed by atoms with Gasteiger partial charge in [-0.15, -0.1) is 0 Å². The Kier molecular flexibility index (Phi) is 25.4. The van der Waals surface area contributed by atoms with E-state index in [0.717, 1.165) is 136 Å². The average molecular weight is 1730 g/mol. The van der Waals surface area contributed by atoms with Crippen LogP contribution >= 0.6 is 0 Å². The van der Waals surface area contributed by atoms with Crippen LogP contribution in [0.1, 0.15) is 130 Å². The molecule has 0 saturated carbocycles. The number of hydrogen-bond acceptors (Lipinski definition) is 31. The molecule has 20 heterocycles. The number of carbonyl (C=O) groups is 4. The predicted octanol–water partition coefficient (Wildman–Crippen LogP) is 9.88. The summed E-state index contributed by atoms with van der Waals surface area (Å²) in [6.07, 6.45) is 17.3. The number of nitrogens with one attached hydrogen (secondary N) is 2. The van der Waals surface area contributed by atoms with Gasteiger partial charge in [0, 0.05) is 132 Å². The topological polar surface area (TPSA) is 469 Å². The molecule has 0 aliphatic carbocycles. The van der Waals surface area contributed by atoms with Crippen molar-refractivity contribution in [2.45, 2.75) is 135 Å². The number of likely N-dealkylation sites (tertiary alicyclic amines) is 4. The van der Waals surface area contributed by atoms with Crippen LogP contribution in [0.15, 0.2) is 156 Å². The molecule has 8 fully saturated rings. The number of likely N-dealkylation sites (N-methyl/N-ethyl adjacent to an activating group) is 2. The molecule has 127 heavy (non-hydrogen) atoms. The number of pyridine rings is 6. The first kappa shape index (κ1) is 89.1. The summed E-state index contributed by atoms with van der Waals surface area (Å²) in [7, 11) is 4.39. The summed E-state index contributed by atoms with van der Waals surface area (Å²) in [5.74, 6) is 0.694. The standard InChI is InChI=1S/C28H28N10O2.C16H12N6O3.C16H20N4O2.C12H18N4.C10H18N2O2.C6H3FN2.CH4/c1-17-12-31-20-7-6-18(14-38(17)20)22-23(27-30-9-11-40-27)35-25(29)24(34-22)26(39)32-13-19-4-3-5-21(33-19)37-15-28(16-37)8-10-36(28)2;1-8-6-19-10-3-2-9(7-22(8)10)11-12(15-18-4-5-25-15)21-14(17)13(20-11)16(23)24;1-15(2,3)22-14(21)20-8-7-16(20)10-19(11-16)13-6-4-5-12(9-17)18-13;1-15-6-5-12(15)8-16(9-12)11-4-2-3-10(7-13)14-11;1-9(2,3)14-8(13)12-5-4-10(12)6-11-7-10;7-6-3-1-2-5(4-8)9-6;/h3-7,9,11-12,14H,8,10,13,15-16H2,1-2H3,(H2,29,35)(H,32,39);2-7H,1H3,(H2,17,21)(H,23,24);4-6H,7-8,10-11H2,1-3H3;2-4H,5-9,13H2,1H3;11H,4-7H2,1-3H3;1-3H;1H4. The molecular formula is C89H103FN28O9. The van der Waals surface area contributed by atoms with Gasteiger partial charge in [-0.2, -0.15) is 14.9 Å². The maximum atomic E-state index is 13.3. The van der Waals surface area contributed by atoms with Crippen molar-refractivity contribution in [3.63, 3.8) is 0 Å². The Morgan fingerprint density at radius 1 is 0.543 bits per heavy atom. The van der Waals surface area contributed by atoms with Gasteiger partial charge in [0.25, 0.3) is 5.91 Å². The van der Waals surface area contributed by atoms with Crippen LogP contribution in [0.25, 0.3) is 57.0 Å². The Balaban J connectivity index is 0.000000131. The molecule has 8 aliphatic heterocycles. The first-order valence-corrected chi connectivity index (χ1v) is 41.2. The quantitative estimate of drug-likeness (QED) is 0.0619. The number of hydrogen-bond donors (Lipinski definition) is 6. The highest BCUT2D eigenvalue weighted by molar-refractivity contribution is 5.98. The van der Waals surface area contributed by atoms with Gasteiger partial charge < -0.3 is 74.8 Å². The molecule has 0 bridgehead atoms. The molecule has 8 aliphatic rings. The molecule has 12 aromatic rings. The van der Waals surface area contributed by atoms with Gasteiger partial charge in [-0.05, 0) is 168 Å². The summed E-state index contributed by atoms with van der Waals surface area (Å²) >= 11 is 0. The van der Waals surface area contributed by atoms with Gasteiger partial charge in [-0.3, -0.25) is 24.4 Å². The maximum Gasteiger partial charge on any atom is 0.410 e. The van der Waals surface area contributed by atoms with Crippen LogP contribution in [-0.2, 0) is 22.6 Å². The SMILES string of the molecule is C.CC(C)(C)OC(=O)N1CCC12CN(c1cccc(C#N)n1)C2.CC(C)(C)OC(=O)N1CCC12CNC2.CN1CCC12CN(c1cccc(CN)n1)C2.Cc1cnc2ccc(-c3nc(C(=O)NCc4cccc(N5CC6(CCN6C)C5)n4)c(N)nc3-c3ncco3)cn12.Cc1cnc2ccc(-c3nc(C(=O)O)c(N)nc3-c3ncco3)cn12.N#Cc1cccc(F)n1. The zero-order chi connectivity index (χ0) is 89.2. The maximum absolute atomic E-state index is 13.3. The number of anilines is 5. The van der Waals surface area contributed by atoms with E-state index in [0.29, 0.717) is 51.5 Å². The van der Waals surface area contributed by atoms with Crippen molar-refractivity contribution in [1.82, 2.24) is 98.8 Å². The molecule has 38 heteroatoms. The Morgan fingerprint density at radius 2 is 0.976 bits per heavy atom. The number of carboxylic acid groups (broad SMARTS) is 1. The second kappa shape index (κ2) is 36.2. The van der Waals surface area contributed by atoms with Crippen molar-refractivity contribution in [3.05, 3.63) is 198 Å². The molecule has 8 saturated heterocycles. The van der Waals surface area contributed by atoms with Crippen molar-refractivity contribution < 1.29 is 47.0 Å². The fourth-order valence-electron chi connectivity index (χ4n) is 15.9. The van der Waals surface area contributed by atoms with Crippen LogP contribution < -0.4 is 42.5 Å². The van der Waals surface area contributed by atoms with E-state index in [1.54, 1.807) is 42.9 Å². The number of aromatic nitrogens is 14. The minimum absolute atomic E-state index is 0. The van der Waals surface area contributed by atoms with Crippen LogP contribution in [0.4, 0.5) is 43.1 Å². The lowest BCUT2D eigenvalue weighted by Gasteiger charge is -2.62. The fraction of sp³-hybridized carbons (Fsp3) is 0.393. The molecule has 20 rings (SSSR count). The number of ether oxygens (including phenoxy) is 2. The molecule has 37 nitrogen and oxygen atoms in total. The highest BCUT2D eigenvalue weighted by Crippen LogP contribution is 2.44. The molecule has 0 unspecified atom stereocenters. The van der Waals surface area contributed by atoms with Gasteiger partial charge in [0.15, 0.2) is 34.4 Å². The number of rotatable bonds is 12. The van der Waals surface area contributed by atoms with Gasteiger partial charge in [-0.25, -0.2) is 74.2 Å². The molecule has 0 atom stereocenters. The lowest BCUT2D eigenvalue weighted by molar-refractivity contribution is -0.0662. The number of aryl methyl sites for hydroxylation is 2. The predicted molar refractivity (Wildman–Crippen MR) is 471 cm³/mol. The lowest BCUT2D eigenvalue weighted by Crippen LogP contribution is -2.78. The monoisotopic (exact) mass is 1730 g/mol. The largest absolute Gasteiger partial charge is 0.476 e. The average Bonchev–Trinajstić information content (AvgIpc) is 1.35. The number of nitrogen functional groups attached to an aromatic ring is 2. The number of amides is 3. The number of halogens is 1. The minimum atomic E-state index is -1.26. The number of carbonyl (C=O) groups excluding carboxylic acids is 3. The first-order valence-electron chi connectivity index (χ1n) is 41.2. The zero-order valence-corrected chi connectivity index (χ0v) is 71.7. The number of aromatic carboxylic acids is 1. The van der Waals surface area contributed by atoms with E-state index in [9.17, 15) is 28.7 Å². The number of nitrogens with zero attached hydrogens (tertiary/aromatic N) is 23. The van der Waals surface area contributed by atoms with Crippen LogP contribution in [0, 0.1) is 42.5 Å². The second-order valence-electron chi connectivity index (χ2n) is 34.4. The number of imidazole rings is 2. The summed E-state index contributed by atoms with van der Waals surface area (Å²) in [6, 6.07) is 32.6. The number of oxazole rings is 2. The van der Waals surface area contributed by atoms with Crippen molar-refractivity contribution >= 4 is 64.4 Å². The van der Waals surface area contributed by atoms with Crippen molar-refractivity contribution in [1.29, 1.82) is 10.5 Å². The summed E-state index contributed by atoms with van der Waals surface area (Å²) in [5, 5.41) is 32.5. The number of fused-ring (bicyclic) bond motifs is 2. The minimum Gasteiger partial charge on any atom is -0.476 e. The van der Waals surface area contributed by atoms with E-state index in [1.165, 1.54) is 62.5 Å². The second-order valence-corrected chi connectivity index (χ2v) is 34.4. The highest BCUT2D eigenvalue weighted by Gasteiger charge is 2.58. The molecule has 0 aromatic carbocycles. The lowest BCUT2D eigenvalue weighted by atomic mass is 9.78. The summed E-state index contributed by atoms with van der Waals surface area (Å²) < 4.78 is 37.5. The Morgan fingerprint density at radius 3 is 1.38 bits per heavy atom. The van der Waals surface area contributed by atoms with Crippen molar-refractivity contribution in [2.24, 2.45) is 5.73 Å². The number of nitriles is 2. The van der Waals surface area contributed by atoms with Gasteiger partial charge in [-0.1, -0.05) is 31.7 Å². The Labute approximate surface area is 732 Å². The van der Waals surface area contributed by atoms with Crippen LogP contribution in [0.5, 0.6) is 0 Å². The Hall–Kier alpha value is -14.2. The molecular weight excluding hydrogens is 1620 g/mol. The molecule has 4 spiro atoms. The summed E-state index contributed by atoms with van der Waals surface area (Å²) in [4.78, 5) is 115. The van der Waals surface area contributed by atoms with Crippen molar-refractivity contribution in [2.75, 3.05) is 119 Å². The molecule has 3 amide bonds. The Bertz CT molecular complexity index is 6110. The van der Waals surface area contributed by atoms with E-state index in [2.05, 4.69) is 110 Å². The van der Waals surface area contributed by atoms with E-state index in [4.69, 9.17) is 51.0 Å². The molecule has 0 radical (unpaired) electrons. The smallest absolute Gasteiger partial charge is 0.410 e. The first-order chi connectivity index (χ1) is 60.3. The fourth-order valence-corrected chi connectivity index (χ4v) is 15.9. The number of nitrogens with two attached hydrogens (primary N) is 3. The number of carboxylic acids is 1. The summed E-state index contributed by atoms with van der Waals surface area (Å²) in [6.45, 7) is 27.4. The van der Waals surface area contributed by atoms with Gasteiger partial charge in [0.1, 0.15) is 87.4 Å². The third kappa shape index (κ3) is 18.9. The van der Waals surface area contributed by atoms with Crippen LogP contribution in [-0.4, -0.2) is 243 Å². The van der Waals surface area contributed by atoms with Gasteiger partial charge in [0.2, 0.25) is 17.7 Å². The highest BCUT2D eigenvalue weighted by atomic mass is 19.1. The summed E-state index contributed by atoms with van der Waals surface area (Å²) in [5.41, 5.74) is 25.5. The van der Waals surface area contributed by atoms with E-state index in [1.807, 2.05) is 141 Å². The van der Waals surface area contributed by atoms with Gasteiger partial charge in [0.05, 0.1) is 52.5 Å². The molecule has 9 N–H and O–H groups in total. The van der Waals surface area contributed by atoms with E-state index in [-0.39, 0.29) is 89.0 Å². The van der Waals surface area contributed by atoms with Crippen LogP contribution in [0.2, 0.25) is 0 Å².